The first-order valence-corrected chi connectivity index (χ1v) is 11.7. The molecule has 36 heavy (non-hydrogen) atoms. The van der Waals surface area contributed by atoms with Crippen LogP contribution in [0.2, 0.25) is 0 Å². The molecule has 3 atom stereocenters. The number of carbonyl (C=O) groups excluding carboxylic acids is 3. The number of anilines is 2. The molecule has 0 unspecified atom stereocenters. The quantitative estimate of drug-likeness (QED) is 0.668. The Bertz CT molecular complexity index is 1110. The van der Waals surface area contributed by atoms with Crippen molar-refractivity contribution >= 4 is 29.2 Å². The third kappa shape index (κ3) is 6.72. The maximum atomic E-state index is 13.4. The van der Waals surface area contributed by atoms with Crippen molar-refractivity contribution in [1.29, 1.82) is 0 Å². The van der Waals surface area contributed by atoms with Gasteiger partial charge in [0.1, 0.15) is 18.2 Å². The van der Waals surface area contributed by atoms with E-state index in [1.165, 1.54) is 36.1 Å². The highest BCUT2D eigenvalue weighted by Crippen LogP contribution is 2.26. The molecule has 2 aromatic carbocycles. The van der Waals surface area contributed by atoms with Crippen LogP contribution in [-0.2, 0) is 9.53 Å². The Labute approximate surface area is 210 Å². The normalized spacial score (nSPS) is 20.9. The van der Waals surface area contributed by atoms with Crippen LogP contribution in [0.1, 0.15) is 31.1 Å². The third-order valence-corrected chi connectivity index (χ3v) is 6.19. The zero-order valence-electron chi connectivity index (χ0n) is 21.2. The van der Waals surface area contributed by atoms with E-state index >= 15 is 0 Å². The first-order chi connectivity index (χ1) is 17.1. The van der Waals surface area contributed by atoms with Crippen molar-refractivity contribution in [3.05, 3.63) is 53.8 Å². The molecule has 0 spiro atoms. The predicted molar refractivity (Wildman–Crippen MR) is 135 cm³/mol. The molecule has 2 N–H and O–H groups in total. The van der Waals surface area contributed by atoms with E-state index in [2.05, 4.69) is 10.6 Å². The van der Waals surface area contributed by atoms with Gasteiger partial charge in [-0.3, -0.25) is 9.59 Å². The lowest BCUT2D eigenvalue weighted by Gasteiger charge is -2.35. The highest BCUT2D eigenvalue weighted by molar-refractivity contribution is 6.02. The maximum absolute atomic E-state index is 13.4. The highest BCUT2D eigenvalue weighted by Gasteiger charge is 2.29. The van der Waals surface area contributed by atoms with Crippen LogP contribution in [0, 0.1) is 11.7 Å². The molecular formula is C26H33FN4O5. The lowest BCUT2D eigenvalue weighted by atomic mass is 10.0. The number of urea groups is 1. The summed E-state index contributed by atoms with van der Waals surface area (Å²) in [4.78, 5) is 41.4. The summed E-state index contributed by atoms with van der Waals surface area (Å²) in [5, 5.41) is 5.22. The topological polar surface area (TPSA) is 100 Å². The number of ether oxygens (including phenoxy) is 2. The fourth-order valence-electron chi connectivity index (χ4n) is 4.15. The van der Waals surface area contributed by atoms with Gasteiger partial charge in [0.05, 0.1) is 17.7 Å². The van der Waals surface area contributed by atoms with Crippen LogP contribution < -0.4 is 15.4 Å². The standard InChI is InChI=1S/C26H33FN4O5/c1-16-13-31(18(3)32)17(2)15-36-23-10-9-21(12-22(23)25(33)30(4)14-24(16)35-5)29-26(34)28-20-8-6-7-19(27)11-20/h6-12,16-17,24H,13-15H2,1-5H3,(H2,28,29,34)/t16-,17-,24+/m1/s1. The molecule has 0 aromatic heterocycles. The van der Waals surface area contributed by atoms with Crippen molar-refractivity contribution in [1.82, 2.24) is 9.80 Å². The van der Waals surface area contributed by atoms with Gasteiger partial charge < -0.3 is 29.9 Å². The molecule has 0 aliphatic carbocycles. The van der Waals surface area contributed by atoms with Gasteiger partial charge in [-0.05, 0) is 43.3 Å². The third-order valence-electron chi connectivity index (χ3n) is 6.19. The molecule has 1 aliphatic rings. The van der Waals surface area contributed by atoms with E-state index in [0.717, 1.165) is 0 Å². The second-order valence-electron chi connectivity index (χ2n) is 9.07. The molecule has 0 saturated carbocycles. The number of fused-ring (bicyclic) bond motifs is 1. The van der Waals surface area contributed by atoms with Crippen molar-refractivity contribution in [2.45, 2.75) is 32.9 Å². The average Bonchev–Trinajstić information content (AvgIpc) is 2.83. The van der Waals surface area contributed by atoms with Gasteiger partial charge in [-0.2, -0.15) is 0 Å². The first kappa shape index (κ1) is 26.9. The minimum atomic E-state index is -0.589. The molecule has 4 amide bonds. The zero-order chi connectivity index (χ0) is 26.4. The molecule has 0 radical (unpaired) electrons. The smallest absolute Gasteiger partial charge is 0.323 e. The summed E-state index contributed by atoms with van der Waals surface area (Å²) in [6, 6.07) is 9.44. The summed E-state index contributed by atoms with van der Waals surface area (Å²) in [7, 11) is 3.25. The molecule has 0 fully saturated rings. The second-order valence-corrected chi connectivity index (χ2v) is 9.07. The summed E-state index contributed by atoms with van der Waals surface area (Å²) in [6.07, 6.45) is -0.296. The van der Waals surface area contributed by atoms with Crippen LogP contribution in [0.3, 0.4) is 0 Å². The van der Waals surface area contributed by atoms with Crippen LogP contribution in [0.15, 0.2) is 42.5 Å². The molecule has 2 aromatic rings. The summed E-state index contributed by atoms with van der Waals surface area (Å²) in [6.45, 7) is 6.34. The Kier molecular flexibility index (Phi) is 8.87. The molecule has 3 rings (SSSR count). The minimum absolute atomic E-state index is 0.0324. The molecule has 10 heteroatoms. The number of nitrogens with one attached hydrogen (secondary N) is 2. The summed E-state index contributed by atoms with van der Waals surface area (Å²) < 4.78 is 25.1. The number of hydrogen-bond acceptors (Lipinski definition) is 5. The van der Waals surface area contributed by atoms with E-state index in [1.54, 1.807) is 37.3 Å². The number of halogens is 1. The summed E-state index contributed by atoms with van der Waals surface area (Å²) in [5.41, 5.74) is 0.905. The molecule has 1 aliphatic heterocycles. The van der Waals surface area contributed by atoms with E-state index in [1.807, 2.05) is 13.8 Å². The maximum Gasteiger partial charge on any atom is 0.323 e. The SMILES string of the molecule is CO[C@H]1CN(C)C(=O)c2cc(NC(=O)Nc3cccc(F)c3)ccc2OC[C@@H](C)N(C(C)=O)C[C@H]1C. The van der Waals surface area contributed by atoms with E-state index in [9.17, 15) is 18.8 Å². The van der Waals surface area contributed by atoms with Gasteiger partial charge in [0.2, 0.25) is 5.91 Å². The van der Waals surface area contributed by atoms with Crippen LogP contribution in [0.5, 0.6) is 5.75 Å². The van der Waals surface area contributed by atoms with Crippen LogP contribution in [0.4, 0.5) is 20.6 Å². The fourth-order valence-corrected chi connectivity index (χ4v) is 4.15. The number of likely N-dealkylation sites (N-methyl/N-ethyl adjacent to an activating group) is 1. The average molecular weight is 501 g/mol. The zero-order valence-corrected chi connectivity index (χ0v) is 21.2. The van der Waals surface area contributed by atoms with Gasteiger partial charge >= 0.3 is 6.03 Å². The van der Waals surface area contributed by atoms with Crippen molar-refractivity contribution in [3.8, 4) is 5.75 Å². The summed E-state index contributed by atoms with van der Waals surface area (Å²) in [5.74, 6) is -0.543. The lowest BCUT2D eigenvalue weighted by molar-refractivity contribution is -0.133. The minimum Gasteiger partial charge on any atom is -0.491 e. The van der Waals surface area contributed by atoms with Gasteiger partial charge in [0, 0.05) is 51.5 Å². The van der Waals surface area contributed by atoms with Gasteiger partial charge in [0.15, 0.2) is 0 Å². The molecule has 1 heterocycles. The fraction of sp³-hybridized carbons (Fsp3) is 0.423. The lowest BCUT2D eigenvalue weighted by Crippen LogP contribution is -2.48. The van der Waals surface area contributed by atoms with Crippen LogP contribution in [-0.4, -0.2) is 73.6 Å². The van der Waals surface area contributed by atoms with E-state index in [0.29, 0.717) is 30.2 Å². The molecule has 194 valence electrons. The van der Waals surface area contributed by atoms with E-state index < -0.39 is 11.8 Å². The first-order valence-electron chi connectivity index (χ1n) is 11.7. The van der Waals surface area contributed by atoms with Crippen molar-refractivity contribution in [3.63, 3.8) is 0 Å². The van der Waals surface area contributed by atoms with E-state index in [-0.39, 0.29) is 42.0 Å². The van der Waals surface area contributed by atoms with Gasteiger partial charge in [0.25, 0.3) is 5.91 Å². The molecule has 9 nitrogen and oxygen atoms in total. The van der Waals surface area contributed by atoms with Gasteiger partial charge in [-0.15, -0.1) is 0 Å². The Morgan fingerprint density at radius 3 is 2.42 bits per heavy atom. The largest absolute Gasteiger partial charge is 0.491 e. The Balaban J connectivity index is 1.88. The van der Waals surface area contributed by atoms with Crippen molar-refractivity contribution in [2.24, 2.45) is 5.92 Å². The number of carbonyl (C=O) groups is 3. The Morgan fingerprint density at radius 1 is 1.08 bits per heavy atom. The number of rotatable bonds is 3. The Hall–Kier alpha value is -3.66. The van der Waals surface area contributed by atoms with Crippen molar-refractivity contribution in [2.75, 3.05) is 44.5 Å². The predicted octanol–water partition coefficient (Wildman–Crippen LogP) is 3.82. The number of benzene rings is 2. The van der Waals surface area contributed by atoms with Crippen molar-refractivity contribution < 1.29 is 28.2 Å². The van der Waals surface area contributed by atoms with Gasteiger partial charge in [-0.1, -0.05) is 13.0 Å². The number of amides is 4. The van der Waals surface area contributed by atoms with E-state index in [4.69, 9.17) is 9.47 Å². The Morgan fingerprint density at radius 2 is 1.78 bits per heavy atom. The van der Waals surface area contributed by atoms with Gasteiger partial charge in [-0.25, -0.2) is 9.18 Å². The molecular weight excluding hydrogens is 467 g/mol. The van der Waals surface area contributed by atoms with Crippen LogP contribution >= 0.6 is 0 Å². The summed E-state index contributed by atoms with van der Waals surface area (Å²) >= 11 is 0. The van der Waals surface area contributed by atoms with Crippen LogP contribution in [0.25, 0.3) is 0 Å². The highest BCUT2D eigenvalue weighted by atomic mass is 19.1. The molecule has 0 bridgehead atoms. The monoisotopic (exact) mass is 500 g/mol. The number of nitrogens with zero attached hydrogens (tertiary/aromatic N) is 2. The second kappa shape index (κ2) is 11.9. The number of methoxy groups -OCH3 is 1. The number of hydrogen-bond donors (Lipinski definition) is 2. The molecule has 0 saturated heterocycles.